The molecule has 0 unspecified atom stereocenters. The van der Waals surface area contributed by atoms with Crippen LogP contribution in [0.4, 0.5) is 0 Å². The molecule has 0 aromatic heterocycles. The number of carbonyl (C=O) groups is 2. The predicted molar refractivity (Wildman–Crippen MR) is 131 cm³/mol. The van der Waals surface area contributed by atoms with Crippen LogP contribution < -0.4 is 16.8 Å². The fraction of sp³-hybridized carbons (Fsp3) is 0.269. The summed E-state index contributed by atoms with van der Waals surface area (Å²) in [6, 6.07) is 15.3. The normalized spacial score (nSPS) is 11.5. The highest BCUT2D eigenvalue weighted by atomic mass is 16.1. The van der Waals surface area contributed by atoms with Crippen LogP contribution in [-0.2, 0) is 29.1 Å². The lowest BCUT2D eigenvalue weighted by atomic mass is 10.0. The highest BCUT2D eigenvalue weighted by Gasteiger charge is 2.07. The van der Waals surface area contributed by atoms with E-state index in [0.717, 1.165) is 35.1 Å². The standard InChI is InChI=1S/C26H32N4O2/c1-3-4-5-25(31)14-20-6-8-21(9-7-20)16-29-18-24(15-27)26(32)30-17-22-10-12-23(13-11-22)19(2)28/h6-13,15,18H,2-5,14,16-17,27-28H2,1H3,(H,30,32)/b24-15+,29-18?. The molecule has 168 valence electrons. The van der Waals surface area contributed by atoms with Crippen molar-refractivity contribution >= 4 is 23.6 Å². The van der Waals surface area contributed by atoms with Gasteiger partial charge in [-0.25, -0.2) is 0 Å². The fourth-order valence-electron chi connectivity index (χ4n) is 3.00. The molecule has 2 aromatic carbocycles. The maximum Gasteiger partial charge on any atom is 0.254 e. The van der Waals surface area contributed by atoms with Crippen LogP contribution in [0.1, 0.15) is 48.4 Å². The Morgan fingerprint density at radius 2 is 1.66 bits per heavy atom. The van der Waals surface area contributed by atoms with E-state index >= 15 is 0 Å². The summed E-state index contributed by atoms with van der Waals surface area (Å²) in [5, 5.41) is 2.82. The van der Waals surface area contributed by atoms with Crippen molar-refractivity contribution in [2.24, 2.45) is 16.5 Å². The molecular formula is C26H32N4O2. The highest BCUT2D eigenvalue weighted by molar-refractivity contribution is 6.11. The Morgan fingerprint density at radius 1 is 1.03 bits per heavy atom. The second kappa shape index (κ2) is 12.9. The second-order valence-corrected chi connectivity index (χ2v) is 7.63. The summed E-state index contributed by atoms with van der Waals surface area (Å²) in [7, 11) is 0. The lowest BCUT2D eigenvalue weighted by molar-refractivity contribution is -0.118. The first-order valence-corrected chi connectivity index (χ1v) is 10.8. The van der Waals surface area contributed by atoms with Crippen molar-refractivity contribution in [1.82, 2.24) is 5.32 Å². The molecular weight excluding hydrogens is 400 g/mol. The van der Waals surface area contributed by atoms with Crippen LogP contribution in [-0.4, -0.2) is 17.9 Å². The molecule has 0 heterocycles. The van der Waals surface area contributed by atoms with Gasteiger partial charge in [0.25, 0.3) is 5.91 Å². The van der Waals surface area contributed by atoms with Crippen molar-refractivity contribution in [1.29, 1.82) is 0 Å². The molecule has 5 N–H and O–H groups in total. The number of nitrogens with one attached hydrogen (secondary N) is 1. The van der Waals surface area contributed by atoms with Gasteiger partial charge in [-0.05, 0) is 28.7 Å². The molecule has 0 aliphatic heterocycles. The van der Waals surface area contributed by atoms with Crippen LogP contribution in [0.25, 0.3) is 5.70 Å². The molecule has 0 spiro atoms. The van der Waals surface area contributed by atoms with E-state index in [2.05, 4.69) is 23.8 Å². The summed E-state index contributed by atoms with van der Waals surface area (Å²) in [4.78, 5) is 28.6. The van der Waals surface area contributed by atoms with E-state index in [4.69, 9.17) is 11.5 Å². The average molecular weight is 433 g/mol. The van der Waals surface area contributed by atoms with Gasteiger partial charge in [0.2, 0.25) is 0 Å². The van der Waals surface area contributed by atoms with E-state index < -0.39 is 0 Å². The number of ketones is 1. The van der Waals surface area contributed by atoms with Gasteiger partial charge in [-0.3, -0.25) is 14.6 Å². The number of nitrogens with two attached hydrogens (primary N) is 2. The number of rotatable bonds is 12. The van der Waals surface area contributed by atoms with Gasteiger partial charge in [-0.1, -0.05) is 68.5 Å². The quantitative estimate of drug-likeness (QED) is 0.351. The molecule has 2 rings (SSSR count). The lowest BCUT2D eigenvalue weighted by Gasteiger charge is -2.07. The van der Waals surface area contributed by atoms with Gasteiger partial charge in [-0.2, -0.15) is 0 Å². The molecule has 0 radical (unpaired) electrons. The monoisotopic (exact) mass is 432 g/mol. The maximum absolute atomic E-state index is 12.4. The summed E-state index contributed by atoms with van der Waals surface area (Å²) in [6.07, 6.45) is 5.77. The molecule has 0 saturated carbocycles. The Balaban J connectivity index is 1.83. The largest absolute Gasteiger partial charge is 0.404 e. The van der Waals surface area contributed by atoms with E-state index in [9.17, 15) is 9.59 Å². The van der Waals surface area contributed by atoms with Crippen molar-refractivity contribution in [3.63, 3.8) is 0 Å². The first-order valence-electron chi connectivity index (χ1n) is 10.8. The minimum atomic E-state index is -0.301. The zero-order chi connectivity index (χ0) is 23.3. The second-order valence-electron chi connectivity index (χ2n) is 7.63. The third kappa shape index (κ3) is 8.22. The van der Waals surface area contributed by atoms with Gasteiger partial charge in [-0.15, -0.1) is 0 Å². The SMILES string of the molecule is C=C(N)c1ccc(CNC(=O)/C(C=NCc2ccc(CC(=O)CCCC)cc2)=C/N)cc1. The zero-order valence-electron chi connectivity index (χ0n) is 18.6. The summed E-state index contributed by atoms with van der Waals surface area (Å²) < 4.78 is 0. The van der Waals surface area contributed by atoms with E-state index in [0.29, 0.717) is 31.6 Å². The van der Waals surface area contributed by atoms with Crippen molar-refractivity contribution in [3.8, 4) is 0 Å². The number of unbranched alkanes of at least 4 members (excludes halogenated alkanes) is 1. The Hall–Kier alpha value is -3.67. The molecule has 0 saturated heterocycles. The van der Waals surface area contributed by atoms with Crippen molar-refractivity contribution in [3.05, 3.63) is 89.1 Å². The Kier molecular flexibility index (Phi) is 9.91. The zero-order valence-corrected chi connectivity index (χ0v) is 18.6. The van der Waals surface area contributed by atoms with Crippen LogP contribution in [0.2, 0.25) is 0 Å². The van der Waals surface area contributed by atoms with Crippen LogP contribution in [0, 0.1) is 0 Å². The first kappa shape index (κ1) is 24.6. The molecule has 0 aliphatic carbocycles. The van der Waals surface area contributed by atoms with E-state index in [1.54, 1.807) is 0 Å². The molecule has 32 heavy (non-hydrogen) atoms. The molecule has 1 amide bonds. The molecule has 6 nitrogen and oxygen atoms in total. The first-order chi connectivity index (χ1) is 15.4. The minimum Gasteiger partial charge on any atom is -0.404 e. The Bertz CT molecular complexity index is 974. The number of carbonyl (C=O) groups excluding carboxylic acids is 2. The van der Waals surface area contributed by atoms with E-state index in [1.807, 2.05) is 48.5 Å². The van der Waals surface area contributed by atoms with Gasteiger partial charge < -0.3 is 16.8 Å². The maximum atomic E-state index is 12.4. The Labute approximate surface area is 190 Å². The van der Waals surface area contributed by atoms with Crippen LogP contribution >= 0.6 is 0 Å². The highest BCUT2D eigenvalue weighted by Crippen LogP contribution is 2.10. The summed E-state index contributed by atoms with van der Waals surface area (Å²) in [5.74, 6) is -0.0355. The third-order valence-electron chi connectivity index (χ3n) is 4.96. The number of Topliss-reactive ketones (excluding diaryl/α,β-unsaturated/α-hetero) is 1. The fourth-order valence-corrected chi connectivity index (χ4v) is 3.00. The summed E-state index contributed by atoms with van der Waals surface area (Å²) >= 11 is 0. The summed E-state index contributed by atoms with van der Waals surface area (Å²) in [5.41, 5.74) is 15.8. The molecule has 6 heteroatoms. The average Bonchev–Trinajstić information content (AvgIpc) is 2.80. The van der Waals surface area contributed by atoms with Gasteiger partial charge in [0, 0.05) is 37.5 Å². The lowest BCUT2D eigenvalue weighted by Crippen LogP contribution is -2.25. The van der Waals surface area contributed by atoms with E-state index in [-0.39, 0.29) is 17.3 Å². The van der Waals surface area contributed by atoms with Gasteiger partial charge in [0.1, 0.15) is 5.78 Å². The third-order valence-corrected chi connectivity index (χ3v) is 4.96. The molecule has 2 aromatic rings. The predicted octanol–water partition coefficient (Wildman–Crippen LogP) is 3.65. The molecule has 0 atom stereocenters. The number of hydrogen-bond acceptors (Lipinski definition) is 5. The van der Waals surface area contributed by atoms with Gasteiger partial charge >= 0.3 is 0 Å². The molecule has 0 bridgehead atoms. The Morgan fingerprint density at radius 3 is 2.25 bits per heavy atom. The topological polar surface area (TPSA) is 111 Å². The number of benzene rings is 2. The van der Waals surface area contributed by atoms with Crippen LogP contribution in [0.3, 0.4) is 0 Å². The number of amides is 1. The summed E-state index contributed by atoms with van der Waals surface area (Å²) in [6.45, 7) is 6.55. The minimum absolute atomic E-state index is 0.266. The van der Waals surface area contributed by atoms with Crippen LogP contribution in [0.15, 0.2) is 71.9 Å². The molecule has 0 aliphatic rings. The molecule has 0 fully saturated rings. The smallest absolute Gasteiger partial charge is 0.254 e. The van der Waals surface area contributed by atoms with E-state index in [1.165, 1.54) is 12.4 Å². The number of hydrogen-bond donors (Lipinski definition) is 3. The number of aliphatic imine (C=N–C) groups is 1. The number of nitrogens with zero attached hydrogens (tertiary/aromatic N) is 1. The van der Waals surface area contributed by atoms with Gasteiger partial charge in [0.05, 0.1) is 12.1 Å². The van der Waals surface area contributed by atoms with Crippen molar-refractivity contribution in [2.75, 3.05) is 0 Å². The van der Waals surface area contributed by atoms with Crippen molar-refractivity contribution in [2.45, 2.75) is 45.7 Å². The van der Waals surface area contributed by atoms with Gasteiger partial charge in [0.15, 0.2) is 0 Å². The van der Waals surface area contributed by atoms with Crippen LogP contribution in [0.5, 0.6) is 0 Å². The van der Waals surface area contributed by atoms with Crippen molar-refractivity contribution < 1.29 is 9.59 Å².